The molecule has 138 valence electrons. The number of ether oxygens (including phenoxy) is 1. The van der Waals surface area contributed by atoms with Crippen molar-refractivity contribution >= 4 is 23.5 Å². The lowest BCUT2D eigenvalue weighted by Gasteiger charge is -2.16. The lowest BCUT2D eigenvalue weighted by Crippen LogP contribution is -2.37. The van der Waals surface area contributed by atoms with Crippen LogP contribution in [-0.4, -0.2) is 30.4 Å². The third-order valence-electron chi connectivity index (χ3n) is 3.48. The van der Waals surface area contributed by atoms with Gasteiger partial charge >= 0.3 is 5.97 Å². The van der Waals surface area contributed by atoms with Crippen molar-refractivity contribution < 1.29 is 23.5 Å². The van der Waals surface area contributed by atoms with Crippen LogP contribution < -0.4 is 10.6 Å². The third-order valence-corrected chi connectivity index (χ3v) is 3.48. The number of benzene rings is 1. The van der Waals surface area contributed by atoms with Crippen LogP contribution in [0, 0.1) is 5.92 Å². The van der Waals surface area contributed by atoms with Crippen molar-refractivity contribution in [1.82, 2.24) is 5.32 Å². The summed E-state index contributed by atoms with van der Waals surface area (Å²) < 4.78 is 10.2. The van der Waals surface area contributed by atoms with Crippen molar-refractivity contribution in [1.29, 1.82) is 0 Å². The molecule has 1 atom stereocenters. The maximum Gasteiger partial charge on any atom is 0.341 e. The number of hydrogen-bond donors (Lipinski definition) is 2. The number of rotatable bonds is 7. The Bertz CT molecular complexity index is 768. The number of carbonyl (C=O) groups is 3. The molecule has 0 saturated carbocycles. The number of esters is 1. The minimum absolute atomic E-state index is 0.120. The number of amides is 2. The van der Waals surface area contributed by atoms with Crippen LogP contribution in [0.2, 0.25) is 0 Å². The van der Waals surface area contributed by atoms with Gasteiger partial charge in [-0.15, -0.1) is 0 Å². The molecule has 2 N–H and O–H groups in total. The Hall–Kier alpha value is -3.09. The average Bonchev–Trinajstić information content (AvgIpc) is 3.14. The number of hydrogen-bond acceptors (Lipinski definition) is 5. The summed E-state index contributed by atoms with van der Waals surface area (Å²) in [6, 6.07) is 9.50. The van der Waals surface area contributed by atoms with Gasteiger partial charge in [-0.3, -0.25) is 9.59 Å². The summed E-state index contributed by atoms with van der Waals surface area (Å²) in [5.41, 5.74) is 0.421. The highest BCUT2D eigenvalue weighted by Gasteiger charge is 2.21. The first kappa shape index (κ1) is 19.2. The minimum Gasteiger partial charge on any atom is -0.459 e. The van der Waals surface area contributed by atoms with E-state index in [0.29, 0.717) is 12.5 Å². The van der Waals surface area contributed by atoms with Gasteiger partial charge in [-0.25, -0.2) is 4.79 Å². The highest BCUT2D eigenvalue weighted by molar-refractivity contribution is 6.06. The molecule has 1 aromatic carbocycles. The minimum atomic E-state index is -0.949. The summed E-state index contributed by atoms with van der Waals surface area (Å²) in [6.45, 7) is 5.93. The van der Waals surface area contributed by atoms with E-state index in [9.17, 15) is 14.4 Å². The van der Waals surface area contributed by atoms with Gasteiger partial charge in [-0.1, -0.05) is 26.0 Å². The number of furan rings is 1. The molecule has 0 fully saturated rings. The quantitative estimate of drug-likeness (QED) is 0.742. The van der Waals surface area contributed by atoms with E-state index in [1.807, 2.05) is 13.8 Å². The van der Waals surface area contributed by atoms with Gasteiger partial charge in [0.2, 0.25) is 0 Å². The fourth-order valence-corrected chi connectivity index (χ4v) is 2.09. The molecule has 7 nitrogen and oxygen atoms in total. The van der Waals surface area contributed by atoms with Gasteiger partial charge < -0.3 is 19.8 Å². The summed E-state index contributed by atoms with van der Waals surface area (Å²) in [5.74, 6) is -1.15. The monoisotopic (exact) mass is 358 g/mol. The summed E-state index contributed by atoms with van der Waals surface area (Å²) >= 11 is 0. The molecule has 0 bridgehead atoms. The van der Waals surface area contributed by atoms with Gasteiger partial charge in [0.1, 0.15) is 0 Å². The van der Waals surface area contributed by atoms with Crippen LogP contribution in [0.15, 0.2) is 47.1 Å². The number of anilines is 1. The van der Waals surface area contributed by atoms with Crippen molar-refractivity contribution in [3.05, 3.63) is 54.0 Å². The second-order valence-electron chi connectivity index (χ2n) is 6.16. The second-order valence-corrected chi connectivity index (χ2v) is 6.16. The highest BCUT2D eigenvalue weighted by Crippen LogP contribution is 2.18. The molecule has 0 radical (unpaired) electrons. The van der Waals surface area contributed by atoms with Crippen molar-refractivity contribution in [2.24, 2.45) is 5.92 Å². The van der Waals surface area contributed by atoms with Crippen molar-refractivity contribution in [3.8, 4) is 0 Å². The molecule has 1 aromatic heterocycles. The van der Waals surface area contributed by atoms with E-state index >= 15 is 0 Å². The first-order chi connectivity index (χ1) is 12.4. The van der Waals surface area contributed by atoms with Gasteiger partial charge in [-0.05, 0) is 37.1 Å². The molecule has 0 aliphatic rings. The van der Waals surface area contributed by atoms with Crippen LogP contribution >= 0.6 is 0 Å². The molecular formula is C19H22N2O5. The number of carbonyl (C=O) groups excluding carboxylic acids is 3. The van der Waals surface area contributed by atoms with Gasteiger partial charge in [0.15, 0.2) is 11.9 Å². The van der Waals surface area contributed by atoms with E-state index in [1.165, 1.54) is 25.3 Å². The van der Waals surface area contributed by atoms with E-state index in [0.717, 1.165) is 0 Å². The van der Waals surface area contributed by atoms with Crippen LogP contribution in [0.4, 0.5) is 5.69 Å². The zero-order valence-corrected chi connectivity index (χ0v) is 14.9. The maximum absolute atomic E-state index is 12.4. The summed E-state index contributed by atoms with van der Waals surface area (Å²) in [6.07, 6.45) is 0.432. The lowest BCUT2D eigenvalue weighted by atomic mass is 10.1. The average molecular weight is 358 g/mol. The Labute approximate surface area is 151 Å². The Kier molecular flexibility index (Phi) is 6.54. The van der Waals surface area contributed by atoms with E-state index in [2.05, 4.69) is 10.6 Å². The van der Waals surface area contributed by atoms with Crippen molar-refractivity contribution in [2.75, 3.05) is 11.9 Å². The molecule has 7 heteroatoms. The fraction of sp³-hybridized carbons (Fsp3) is 0.316. The molecule has 2 aromatic rings. The van der Waals surface area contributed by atoms with Crippen LogP contribution in [0.1, 0.15) is 41.7 Å². The van der Waals surface area contributed by atoms with Gasteiger partial charge in [-0.2, -0.15) is 0 Å². The maximum atomic E-state index is 12.4. The van der Waals surface area contributed by atoms with Crippen LogP contribution in [0.5, 0.6) is 0 Å². The molecule has 0 aliphatic heterocycles. The predicted molar refractivity (Wildman–Crippen MR) is 95.8 cm³/mol. The summed E-state index contributed by atoms with van der Waals surface area (Å²) in [7, 11) is 0. The van der Waals surface area contributed by atoms with Crippen molar-refractivity contribution in [2.45, 2.75) is 26.9 Å². The molecule has 0 saturated heterocycles. The second kappa shape index (κ2) is 8.84. The first-order valence-corrected chi connectivity index (χ1v) is 8.31. The fourth-order valence-electron chi connectivity index (χ4n) is 2.09. The van der Waals surface area contributed by atoms with E-state index < -0.39 is 18.0 Å². The molecule has 2 amide bonds. The highest BCUT2D eigenvalue weighted by atomic mass is 16.5. The normalized spacial score (nSPS) is 11.7. The van der Waals surface area contributed by atoms with Crippen LogP contribution in [-0.2, 0) is 9.53 Å². The van der Waals surface area contributed by atoms with Crippen LogP contribution in [0.3, 0.4) is 0 Å². The summed E-state index contributed by atoms with van der Waals surface area (Å²) in [4.78, 5) is 36.5. The molecule has 0 aliphatic carbocycles. The Balaban J connectivity index is 2.05. The smallest absolute Gasteiger partial charge is 0.341 e. The molecule has 0 spiro atoms. The molecule has 1 heterocycles. The molecular weight excluding hydrogens is 336 g/mol. The predicted octanol–water partition coefficient (Wildman–Crippen LogP) is 2.85. The largest absolute Gasteiger partial charge is 0.459 e. The van der Waals surface area contributed by atoms with E-state index in [4.69, 9.17) is 9.15 Å². The van der Waals surface area contributed by atoms with E-state index in [1.54, 1.807) is 24.3 Å². The van der Waals surface area contributed by atoms with Gasteiger partial charge in [0.25, 0.3) is 11.8 Å². The number of para-hydroxylation sites is 1. The Morgan fingerprint density at radius 2 is 1.81 bits per heavy atom. The Morgan fingerprint density at radius 3 is 2.46 bits per heavy atom. The topological polar surface area (TPSA) is 97.6 Å². The molecule has 0 unspecified atom stereocenters. The zero-order valence-electron chi connectivity index (χ0n) is 14.9. The lowest BCUT2D eigenvalue weighted by molar-refractivity contribution is -0.129. The standard InChI is InChI=1S/C19H22N2O5/c1-12(2)11-20-17(22)13(3)26-19(24)14-7-4-5-8-15(14)21-18(23)16-9-6-10-25-16/h4-10,12-13H,11H2,1-3H3,(H,20,22)(H,21,23)/t13-/m0/s1. The first-order valence-electron chi connectivity index (χ1n) is 8.31. The Morgan fingerprint density at radius 1 is 1.08 bits per heavy atom. The zero-order chi connectivity index (χ0) is 19.1. The SMILES string of the molecule is CC(C)CNC(=O)[C@H](C)OC(=O)c1ccccc1NC(=O)c1ccco1. The summed E-state index contributed by atoms with van der Waals surface area (Å²) in [5, 5.41) is 5.31. The molecule has 26 heavy (non-hydrogen) atoms. The van der Waals surface area contributed by atoms with Gasteiger partial charge in [0.05, 0.1) is 17.5 Å². The van der Waals surface area contributed by atoms with Crippen LogP contribution in [0.25, 0.3) is 0 Å². The van der Waals surface area contributed by atoms with Gasteiger partial charge in [0, 0.05) is 6.54 Å². The van der Waals surface area contributed by atoms with E-state index in [-0.39, 0.29) is 22.9 Å². The number of nitrogens with one attached hydrogen (secondary N) is 2. The molecule has 2 rings (SSSR count). The van der Waals surface area contributed by atoms with Crippen molar-refractivity contribution in [3.63, 3.8) is 0 Å². The third kappa shape index (κ3) is 5.20.